The Bertz CT molecular complexity index is 1110. The highest BCUT2D eigenvalue weighted by Gasteiger charge is 2.27. The van der Waals surface area contributed by atoms with Gasteiger partial charge in [-0.15, -0.1) is 10.2 Å². The number of hydrogen-bond acceptors (Lipinski definition) is 7. The van der Waals surface area contributed by atoms with Crippen LogP contribution in [0.3, 0.4) is 0 Å². The summed E-state index contributed by atoms with van der Waals surface area (Å²) in [6.45, 7) is 2.57. The second-order valence-corrected chi connectivity index (χ2v) is 9.14. The monoisotopic (exact) mass is 465 g/mol. The summed E-state index contributed by atoms with van der Waals surface area (Å²) < 4.78 is 13.7. The van der Waals surface area contributed by atoms with E-state index in [9.17, 15) is 4.79 Å². The highest BCUT2D eigenvalue weighted by Crippen LogP contribution is 2.35. The number of rotatable bonds is 6. The summed E-state index contributed by atoms with van der Waals surface area (Å²) in [5.74, 6) is 2.25. The fourth-order valence-electron chi connectivity index (χ4n) is 4.11. The van der Waals surface area contributed by atoms with Gasteiger partial charge in [0.25, 0.3) is 0 Å². The zero-order chi connectivity index (χ0) is 22.6. The zero-order valence-corrected chi connectivity index (χ0v) is 19.4. The number of fused-ring (bicyclic) bond motifs is 1. The maximum absolute atomic E-state index is 12.5. The van der Waals surface area contributed by atoms with Crippen molar-refractivity contribution in [3.63, 3.8) is 0 Å². The van der Waals surface area contributed by atoms with Crippen molar-refractivity contribution in [3.05, 3.63) is 54.4 Å². The molecule has 3 aromatic rings. The van der Waals surface area contributed by atoms with Gasteiger partial charge in [0.05, 0.1) is 5.75 Å². The van der Waals surface area contributed by atoms with Gasteiger partial charge in [0.15, 0.2) is 28.6 Å². The minimum absolute atomic E-state index is 0.0820. The molecule has 0 spiro atoms. The van der Waals surface area contributed by atoms with Gasteiger partial charge in [0.1, 0.15) is 6.61 Å². The number of nitrogens with one attached hydrogen (secondary N) is 1. The molecule has 0 radical (unpaired) electrons. The fraction of sp³-hybridized carbons (Fsp3) is 0.375. The Kier molecular flexibility index (Phi) is 6.39. The highest BCUT2D eigenvalue weighted by atomic mass is 32.2. The third-order valence-electron chi connectivity index (χ3n) is 5.87. The molecule has 2 aliphatic rings. The molecule has 33 heavy (non-hydrogen) atoms. The second kappa shape index (κ2) is 9.74. The predicted octanol–water partition coefficient (Wildman–Crippen LogP) is 4.05. The highest BCUT2D eigenvalue weighted by molar-refractivity contribution is 7.99. The van der Waals surface area contributed by atoms with Crippen molar-refractivity contribution in [2.45, 2.75) is 30.5 Å². The lowest BCUT2D eigenvalue weighted by Crippen LogP contribution is -2.29. The number of aromatic nitrogens is 3. The first-order valence-electron chi connectivity index (χ1n) is 11.2. The van der Waals surface area contributed by atoms with Crippen LogP contribution in [0.4, 0.5) is 11.4 Å². The Balaban J connectivity index is 1.15. The molecule has 2 aliphatic heterocycles. The lowest BCUT2D eigenvalue weighted by molar-refractivity contribution is -0.113. The molecular formula is C24H27N5O3S. The van der Waals surface area contributed by atoms with E-state index in [1.807, 2.05) is 48.0 Å². The molecular weight excluding hydrogens is 438 g/mol. The normalized spacial score (nSPS) is 17.6. The topological polar surface area (TPSA) is 81.5 Å². The first-order chi connectivity index (χ1) is 16.2. The number of anilines is 2. The number of piperidine rings is 1. The molecule has 1 fully saturated rings. The van der Waals surface area contributed by atoms with Crippen LogP contribution >= 0.6 is 11.8 Å². The molecule has 1 N–H and O–H groups in total. The van der Waals surface area contributed by atoms with E-state index >= 15 is 0 Å². The second-order valence-electron chi connectivity index (χ2n) is 8.20. The molecule has 9 heteroatoms. The number of amides is 1. The van der Waals surface area contributed by atoms with Gasteiger partial charge in [-0.3, -0.25) is 4.79 Å². The van der Waals surface area contributed by atoms with Crippen LogP contribution in [0.15, 0.2) is 53.7 Å². The molecule has 2 aromatic carbocycles. The standard InChI is InChI=1S/C24H27N5O3S/c1-28-23(21-15-31-19-7-3-4-8-20(19)32-21)26-27-24(28)33-16-22(30)25-17-9-11-18(12-10-17)29-13-5-2-6-14-29/h3-4,7-12,21H,2,5-6,13-16H2,1H3,(H,25,30). The summed E-state index contributed by atoms with van der Waals surface area (Å²) in [6.07, 6.45) is 3.45. The maximum atomic E-state index is 12.5. The first-order valence-corrected chi connectivity index (χ1v) is 12.2. The Morgan fingerprint density at radius 3 is 2.61 bits per heavy atom. The van der Waals surface area contributed by atoms with Gasteiger partial charge in [-0.2, -0.15) is 0 Å². The van der Waals surface area contributed by atoms with E-state index in [-0.39, 0.29) is 17.8 Å². The van der Waals surface area contributed by atoms with Gasteiger partial charge in [-0.1, -0.05) is 23.9 Å². The predicted molar refractivity (Wildman–Crippen MR) is 128 cm³/mol. The van der Waals surface area contributed by atoms with Crippen molar-refractivity contribution in [3.8, 4) is 11.5 Å². The van der Waals surface area contributed by atoms with Gasteiger partial charge in [0, 0.05) is 31.5 Å². The van der Waals surface area contributed by atoms with E-state index in [0.29, 0.717) is 23.3 Å². The molecule has 0 aliphatic carbocycles. The van der Waals surface area contributed by atoms with Crippen LogP contribution in [-0.2, 0) is 11.8 Å². The number of hydrogen-bond donors (Lipinski definition) is 1. The number of carbonyl (C=O) groups is 1. The number of para-hydroxylation sites is 2. The van der Waals surface area contributed by atoms with E-state index in [0.717, 1.165) is 24.5 Å². The zero-order valence-electron chi connectivity index (χ0n) is 18.6. The van der Waals surface area contributed by atoms with E-state index in [1.54, 1.807) is 0 Å². The van der Waals surface area contributed by atoms with Crippen LogP contribution in [0.5, 0.6) is 11.5 Å². The summed E-state index contributed by atoms with van der Waals surface area (Å²) in [6, 6.07) is 15.6. The van der Waals surface area contributed by atoms with Crippen LogP contribution in [-0.4, -0.2) is 46.1 Å². The Labute approximate surface area is 197 Å². The molecule has 0 saturated carbocycles. The van der Waals surface area contributed by atoms with Crippen LogP contribution in [0.25, 0.3) is 0 Å². The van der Waals surface area contributed by atoms with Crippen molar-refractivity contribution in [1.82, 2.24) is 14.8 Å². The third-order valence-corrected chi connectivity index (χ3v) is 6.89. The van der Waals surface area contributed by atoms with E-state index in [4.69, 9.17) is 9.47 Å². The van der Waals surface area contributed by atoms with Crippen LogP contribution in [0.1, 0.15) is 31.2 Å². The number of ether oxygens (including phenoxy) is 2. The summed E-state index contributed by atoms with van der Waals surface area (Å²) in [5.41, 5.74) is 2.01. The lowest BCUT2D eigenvalue weighted by Gasteiger charge is -2.28. The molecule has 172 valence electrons. The molecule has 1 unspecified atom stereocenters. The van der Waals surface area contributed by atoms with E-state index < -0.39 is 0 Å². The van der Waals surface area contributed by atoms with Gasteiger partial charge in [-0.05, 0) is 55.7 Å². The van der Waals surface area contributed by atoms with Crippen molar-refractivity contribution in [2.75, 3.05) is 35.7 Å². The third kappa shape index (κ3) is 4.93. The SMILES string of the molecule is Cn1c(SCC(=O)Nc2ccc(N3CCCCC3)cc2)nnc1C1COc2ccccc2O1. The average Bonchev–Trinajstić information content (AvgIpc) is 3.23. The molecule has 1 amide bonds. The molecule has 5 rings (SSSR count). The largest absolute Gasteiger partial charge is 0.485 e. The van der Waals surface area contributed by atoms with Crippen molar-refractivity contribution in [1.29, 1.82) is 0 Å². The molecule has 3 heterocycles. The van der Waals surface area contributed by atoms with Crippen molar-refractivity contribution in [2.24, 2.45) is 7.05 Å². The Morgan fingerprint density at radius 2 is 1.82 bits per heavy atom. The maximum Gasteiger partial charge on any atom is 0.234 e. The van der Waals surface area contributed by atoms with Crippen molar-refractivity contribution < 1.29 is 14.3 Å². The summed E-state index contributed by atoms with van der Waals surface area (Å²) in [4.78, 5) is 14.9. The minimum Gasteiger partial charge on any atom is -0.485 e. The van der Waals surface area contributed by atoms with Crippen LogP contribution < -0.4 is 19.7 Å². The van der Waals surface area contributed by atoms with Crippen LogP contribution in [0.2, 0.25) is 0 Å². The van der Waals surface area contributed by atoms with E-state index in [2.05, 4.69) is 32.5 Å². The quantitative estimate of drug-likeness (QED) is 0.550. The van der Waals surface area contributed by atoms with Gasteiger partial charge < -0.3 is 24.3 Å². The van der Waals surface area contributed by atoms with E-state index in [1.165, 1.54) is 36.7 Å². The number of nitrogens with zero attached hydrogens (tertiary/aromatic N) is 4. The number of carbonyl (C=O) groups excluding carboxylic acids is 1. The molecule has 1 atom stereocenters. The van der Waals surface area contributed by atoms with Gasteiger partial charge in [0.2, 0.25) is 5.91 Å². The fourth-order valence-corrected chi connectivity index (χ4v) is 4.83. The Hall–Kier alpha value is -3.20. The summed E-state index contributed by atoms with van der Waals surface area (Å²) in [5, 5.41) is 12.1. The smallest absolute Gasteiger partial charge is 0.234 e. The number of benzene rings is 2. The molecule has 1 saturated heterocycles. The molecule has 0 bridgehead atoms. The molecule has 1 aromatic heterocycles. The minimum atomic E-state index is -0.348. The number of thioether (sulfide) groups is 1. The summed E-state index contributed by atoms with van der Waals surface area (Å²) >= 11 is 1.34. The van der Waals surface area contributed by atoms with Gasteiger partial charge >= 0.3 is 0 Å². The van der Waals surface area contributed by atoms with Crippen molar-refractivity contribution >= 4 is 29.0 Å². The average molecular weight is 466 g/mol. The summed E-state index contributed by atoms with van der Waals surface area (Å²) in [7, 11) is 1.87. The van der Waals surface area contributed by atoms with Gasteiger partial charge in [-0.25, -0.2) is 0 Å². The first kappa shape index (κ1) is 21.6. The van der Waals surface area contributed by atoms with Crippen LogP contribution in [0, 0.1) is 0 Å². The Morgan fingerprint density at radius 1 is 1.06 bits per heavy atom. The molecule has 8 nitrogen and oxygen atoms in total. The lowest BCUT2D eigenvalue weighted by atomic mass is 10.1.